The molecular formula is C23H26N4O2. The molecule has 4 rings (SSSR count). The predicted octanol–water partition coefficient (Wildman–Crippen LogP) is 3.20. The van der Waals surface area contributed by atoms with Crippen molar-refractivity contribution in [2.75, 3.05) is 39.8 Å². The number of carbonyl (C=O) groups is 1. The molecule has 2 aromatic heterocycles. The number of aromatic nitrogens is 2. The first kappa shape index (κ1) is 19.2. The third-order valence-corrected chi connectivity index (χ3v) is 5.26. The monoisotopic (exact) mass is 390 g/mol. The van der Waals surface area contributed by atoms with Gasteiger partial charge in [0.2, 0.25) is 0 Å². The van der Waals surface area contributed by atoms with Gasteiger partial charge in [-0.25, -0.2) is 4.98 Å². The number of hydrogen-bond donors (Lipinski definition) is 0. The zero-order valence-corrected chi connectivity index (χ0v) is 16.7. The van der Waals surface area contributed by atoms with Gasteiger partial charge in [-0.2, -0.15) is 0 Å². The second-order valence-electron chi connectivity index (χ2n) is 7.18. The number of methoxy groups -OCH3 is 1. The lowest BCUT2D eigenvalue weighted by Crippen LogP contribution is -2.35. The zero-order valence-electron chi connectivity index (χ0n) is 16.7. The minimum Gasteiger partial charge on any atom is -0.496 e. The summed E-state index contributed by atoms with van der Waals surface area (Å²) >= 11 is 0. The molecule has 29 heavy (non-hydrogen) atoms. The molecule has 0 bridgehead atoms. The van der Waals surface area contributed by atoms with Crippen LogP contribution >= 0.6 is 0 Å². The van der Waals surface area contributed by atoms with Crippen LogP contribution in [0, 0.1) is 0 Å². The van der Waals surface area contributed by atoms with E-state index in [4.69, 9.17) is 4.74 Å². The fourth-order valence-electron chi connectivity index (χ4n) is 3.69. The normalized spacial score (nSPS) is 15.7. The minimum atomic E-state index is 0.0140. The molecular weight excluding hydrogens is 364 g/mol. The van der Waals surface area contributed by atoms with Crippen molar-refractivity contribution in [3.63, 3.8) is 0 Å². The highest BCUT2D eigenvalue weighted by Crippen LogP contribution is 2.18. The number of fused-ring (bicyclic) bond motifs is 1. The fourth-order valence-corrected chi connectivity index (χ4v) is 3.69. The average molecular weight is 390 g/mol. The van der Waals surface area contributed by atoms with E-state index in [9.17, 15) is 4.79 Å². The standard InChI is InChI=1S/C23H26N4O2/c1-29-21-10-3-2-8-19(21)9-6-12-25-13-7-15-26(17-16-25)23(28)20-18-27-14-5-4-11-22(27)24-20/h2-6,8-11,14,18H,7,12-13,15-17H2,1H3. The van der Waals surface area contributed by atoms with Crippen LogP contribution in [0.3, 0.4) is 0 Å². The first-order valence-corrected chi connectivity index (χ1v) is 9.99. The van der Waals surface area contributed by atoms with Crippen molar-refractivity contribution >= 4 is 17.6 Å². The molecule has 1 saturated heterocycles. The van der Waals surface area contributed by atoms with Gasteiger partial charge in [-0.05, 0) is 24.6 Å². The van der Waals surface area contributed by atoms with Gasteiger partial charge in [-0.1, -0.05) is 36.4 Å². The number of ether oxygens (including phenoxy) is 1. The highest BCUT2D eigenvalue weighted by Gasteiger charge is 2.21. The van der Waals surface area contributed by atoms with Crippen molar-refractivity contribution in [1.29, 1.82) is 0 Å². The van der Waals surface area contributed by atoms with Crippen molar-refractivity contribution in [3.05, 3.63) is 72.2 Å². The molecule has 1 aliphatic heterocycles. The molecule has 1 aliphatic rings. The van der Waals surface area contributed by atoms with Crippen LogP contribution in [0.4, 0.5) is 0 Å². The highest BCUT2D eigenvalue weighted by molar-refractivity contribution is 5.93. The molecule has 0 N–H and O–H groups in total. The summed E-state index contributed by atoms with van der Waals surface area (Å²) < 4.78 is 7.28. The van der Waals surface area contributed by atoms with Gasteiger partial charge in [0, 0.05) is 50.7 Å². The van der Waals surface area contributed by atoms with Crippen LogP contribution < -0.4 is 4.74 Å². The lowest BCUT2D eigenvalue weighted by molar-refractivity contribution is 0.0757. The summed E-state index contributed by atoms with van der Waals surface area (Å²) in [5, 5.41) is 0. The smallest absolute Gasteiger partial charge is 0.274 e. The van der Waals surface area contributed by atoms with Crippen molar-refractivity contribution < 1.29 is 9.53 Å². The van der Waals surface area contributed by atoms with Crippen LogP contribution in [-0.2, 0) is 0 Å². The van der Waals surface area contributed by atoms with Gasteiger partial charge < -0.3 is 14.0 Å². The van der Waals surface area contributed by atoms with Crippen molar-refractivity contribution in [2.45, 2.75) is 6.42 Å². The van der Waals surface area contributed by atoms with Gasteiger partial charge in [-0.15, -0.1) is 0 Å². The van der Waals surface area contributed by atoms with E-state index >= 15 is 0 Å². The van der Waals surface area contributed by atoms with E-state index in [0.717, 1.165) is 56.1 Å². The molecule has 1 aromatic carbocycles. The summed E-state index contributed by atoms with van der Waals surface area (Å²) in [5.74, 6) is 0.893. The summed E-state index contributed by atoms with van der Waals surface area (Å²) in [6, 6.07) is 13.8. The highest BCUT2D eigenvalue weighted by atomic mass is 16.5. The summed E-state index contributed by atoms with van der Waals surface area (Å²) in [5.41, 5.74) is 2.39. The quantitative estimate of drug-likeness (QED) is 0.671. The van der Waals surface area contributed by atoms with Gasteiger partial charge in [0.05, 0.1) is 7.11 Å². The van der Waals surface area contributed by atoms with Crippen LogP contribution in [0.5, 0.6) is 5.75 Å². The summed E-state index contributed by atoms with van der Waals surface area (Å²) in [7, 11) is 1.69. The van der Waals surface area contributed by atoms with E-state index in [2.05, 4.69) is 22.0 Å². The number of amides is 1. The molecule has 0 saturated carbocycles. The number of imidazole rings is 1. The Morgan fingerprint density at radius 3 is 2.83 bits per heavy atom. The predicted molar refractivity (Wildman–Crippen MR) is 114 cm³/mol. The van der Waals surface area contributed by atoms with Gasteiger partial charge in [0.15, 0.2) is 0 Å². The number of pyridine rings is 1. The largest absolute Gasteiger partial charge is 0.496 e. The number of rotatable bonds is 5. The number of carbonyl (C=O) groups excluding carboxylic acids is 1. The molecule has 1 fully saturated rings. The molecule has 6 heteroatoms. The Bertz CT molecular complexity index is 978. The number of para-hydroxylation sites is 1. The number of hydrogen-bond acceptors (Lipinski definition) is 4. The second-order valence-corrected chi connectivity index (χ2v) is 7.18. The third-order valence-electron chi connectivity index (χ3n) is 5.26. The number of nitrogens with zero attached hydrogens (tertiary/aromatic N) is 4. The van der Waals surface area contributed by atoms with E-state index < -0.39 is 0 Å². The van der Waals surface area contributed by atoms with Crippen molar-refractivity contribution in [2.24, 2.45) is 0 Å². The minimum absolute atomic E-state index is 0.0140. The molecule has 0 spiro atoms. The maximum Gasteiger partial charge on any atom is 0.274 e. The van der Waals surface area contributed by atoms with Crippen molar-refractivity contribution in [3.8, 4) is 5.75 Å². The summed E-state index contributed by atoms with van der Waals surface area (Å²) in [6.45, 7) is 4.17. The van der Waals surface area contributed by atoms with Gasteiger partial charge in [-0.3, -0.25) is 9.69 Å². The maximum absolute atomic E-state index is 12.9. The van der Waals surface area contributed by atoms with Crippen LogP contribution in [-0.4, -0.2) is 64.9 Å². The Morgan fingerprint density at radius 1 is 1.10 bits per heavy atom. The van der Waals surface area contributed by atoms with Gasteiger partial charge in [0.25, 0.3) is 5.91 Å². The SMILES string of the molecule is COc1ccccc1C=CCN1CCCN(C(=O)c2cn3ccccc3n2)CC1. The van der Waals surface area contributed by atoms with Gasteiger partial charge >= 0.3 is 0 Å². The Hall–Kier alpha value is -3.12. The number of benzene rings is 1. The van der Waals surface area contributed by atoms with Crippen molar-refractivity contribution in [1.82, 2.24) is 19.2 Å². The lowest BCUT2D eigenvalue weighted by Gasteiger charge is -2.20. The molecule has 1 amide bonds. The molecule has 6 nitrogen and oxygen atoms in total. The maximum atomic E-state index is 12.9. The van der Waals surface area contributed by atoms with Crippen LogP contribution in [0.25, 0.3) is 11.7 Å². The van der Waals surface area contributed by atoms with E-state index in [1.54, 1.807) is 7.11 Å². The first-order chi connectivity index (χ1) is 14.2. The van der Waals surface area contributed by atoms with Crippen LogP contribution in [0.2, 0.25) is 0 Å². The third kappa shape index (κ3) is 4.49. The van der Waals surface area contributed by atoms with E-state index in [1.165, 1.54) is 0 Å². The first-order valence-electron chi connectivity index (χ1n) is 9.99. The van der Waals surface area contributed by atoms with Crippen LogP contribution in [0.15, 0.2) is 60.9 Å². The molecule has 0 radical (unpaired) electrons. The second kappa shape index (κ2) is 8.92. The van der Waals surface area contributed by atoms with Crippen LogP contribution in [0.1, 0.15) is 22.5 Å². The van der Waals surface area contributed by atoms with E-state index in [1.807, 2.05) is 64.2 Å². The van der Waals surface area contributed by atoms with Gasteiger partial charge in [0.1, 0.15) is 17.1 Å². The molecule has 0 aliphatic carbocycles. The average Bonchev–Trinajstić information content (AvgIpc) is 3.06. The molecule has 0 unspecified atom stereocenters. The topological polar surface area (TPSA) is 50.1 Å². The Kier molecular flexibility index (Phi) is 5.91. The fraction of sp³-hybridized carbons (Fsp3) is 0.304. The zero-order chi connectivity index (χ0) is 20.1. The van der Waals surface area contributed by atoms with E-state index in [-0.39, 0.29) is 5.91 Å². The molecule has 150 valence electrons. The summed E-state index contributed by atoms with van der Waals surface area (Å²) in [4.78, 5) is 21.7. The molecule has 3 aromatic rings. The Morgan fingerprint density at radius 2 is 1.97 bits per heavy atom. The lowest BCUT2D eigenvalue weighted by atomic mass is 10.2. The Balaban J connectivity index is 1.35. The summed E-state index contributed by atoms with van der Waals surface area (Å²) in [6.07, 6.45) is 8.95. The van der Waals surface area contributed by atoms with E-state index in [0.29, 0.717) is 5.69 Å². The molecule has 0 atom stereocenters. The Labute approximate surface area is 171 Å². The molecule has 3 heterocycles.